The monoisotopic (exact) mass is 439 g/mol. The van der Waals surface area contributed by atoms with Crippen LogP contribution < -0.4 is 21.3 Å². The summed E-state index contributed by atoms with van der Waals surface area (Å²) in [5.41, 5.74) is 1.81. The summed E-state index contributed by atoms with van der Waals surface area (Å²) in [6, 6.07) is 7.81. The molecule has 5 rings (SSSR count). The third-order valence-corrected chi connectivity index (χ3v) is 6.87. The summed E-state index contributed by atoms with van der Waals surface area (Å²) in [6.07, 6.45) is 1.84. The van der Waals surface area contributed by atoms with Gasteiger partial charge in [0, 0.05) is 25.7 Å². The second-order valence-electron chi connectivity index (χ2n) is 7.92. The minimum atomic E-state index is -0.293. The number of carbonyl (C=O) groups is 1. The third kappa shape index (κ3) is 4.22. The molecule has 1 unspecified atom stereocenters. The van der Waals surface area contributed by atoms with Crippen molar-refractivity contribution in [2.24, 2.45) is 0 Å². The van der Waals surface area contributed by atoms with E-state index < -0.39 is 0 Å². The number of rotatable bonds is 4. The third-order valence-electron chi connectivity index (χ3n) is 5.81. The lowest BCUT2D eigenvalue weighted by Crippen LogP contribution is -2.63. The summed E-state index contributed by atoms with van der Waals surface area (Å²) < 4.78 is 6.41. The molecule has 2 aromatic rings. The van der Waals surface area contributed by atoms with E-state index in [1.54, 1.807) is 12.1 Å². The summed E-state index contributed by atoms with van der Waals surface area (Å²) in [5, 5.41) is 23.4. The standard InChI is InChI=1S/C21H25N7O2S/c22-11-13-3-4-16-15(10-13)25-20(31-16)17-18(24-14-2-1-5-23-12-14)26-21(27-19(17)29)28-6-8-30-9-7-28/h3-4,10,14,21,23-24,26H,1-2,5-9,12H2,(H,27,29)/t14?,21-/m1/s1. The van der Waals surface area contributed by atoms with Crippen molar-refractivity contribution >= 4 is 33.0 Å². The summed E-state index contributed by atoms with van der Waals surface area (Å²) in [5.74, 6) is 0.564. The number of carbonyl (C=O) groups excluding carboxylic acids is 1. The molecule has 3 aliphatic rings. The van der Waals surface area contributed by atoms with Gasteiger partial charge in [-0.3, -0.25) is 9.69 Å². The molecule has 10 heteroatoms. The summed E-state index contributed by atoms with van der Waals surface area (Å²) in [4.78, 5) is 20.2. The second-order valence-corrected chi connectivity index (χ2v) is 8.95. The number of thiazole rings is 1. The van der Waals surface area contributed by atoms with Gasteiger partial charge in [-0.05, 0) is 37.6 Å². The Labute approximate surface area is 184 Å². The lowest BCUT2D eigenvalue weighted by atomic mass is 10.1. The topological polar surface area (TPSA) is 114 Å². The van der Waals surface area contributed by atoms with Crippen LogP contribution in [0.3, 0.4) is 0 Å². The molecule has 2 fully saturated rings. The molecule has 2 saturated heterocycles. The van der Waals surface area contributed by atoms with Crippen molar-refractivity contribution in [1.82, 2.24) is 31.2 Å². The summed E-state index contributed by atoms with van der Waals surface area (Å²) in [6.45, 7) is 4.69. The zero-order chi connectivity index (χ0) is 21.2. The number of nitriles is 1. The number of morpholine rings is 1. The predicted molar refractivity (Wildman–Crippen MR) is 118 cm³/mol. The van der Waals surface area contributed by atoms with Crippen LogP contribution in [-0.2, 0) is 9.53 Å². The smallest absolute Gasteiger partial charge is 0.260 e. The minimum absolute atomic E-state index is 0.152. The van der Waals surface area contributed by atoms with Gasteiger partial charge < -0.3 is 26.0 Å². The van der Waals surface area contributed by atoms with Crippen LogP contribution >= 0.6 is 11.3 Å². The maximum absolute atomic E-state index is 13.3. The van der Waals surface area contributed by atoms with Crippen LogP contribution in [-0.4, -0.2) is 67.5 Å². The Hall–Kier alpha value is -2.71. The van der Waals surface area contributed by atoms with Gasteiger partial charge in [0.2, 0.25) is 0 Å². The average molecular weight is 440 g/mol. The molecule has 0 radical (unpaired) electrons. The number of fused-ring (bicyclic) bond motifs is 1. The van der Waals surface area contributed by atoms with E-state index in [2.05, 4.69) is 32.2 Å². The summed E-state index contributed by atoms with van der Waals surface area (Å²) in [7, 11) is 0. The van der Waals surface area contributed by atoms with Crippen LogP contribution in [0.25, 0.3) is 15.8 Å². The molecule has 0 bridgehead atoms. The first-order chi connectivity index (χ1) is 15.2. The Morgan fingerprint density at radius 1 is 1.29 bits per heavy atom. The van der Waals surface area contributed by atoms with E-state index in [1.165, 1.54) is 11.3 Å². The predicted octanol–water partition coefficient (Wildman–Crippen LogP) is 0.513. The number of nitrogens with one attached hydrogen (secondary N) is 4. The van der Waals surface area contributed by atoms with E-state index in [-0.39, 0.29) is 18.2 Å². The Morgan fingerprint density at radius 3 is 2.94 bits per heavy atom. The fourth-order valence-electron chi connectivity index (χ4n) is 4.17. The molecular formula is C21H25N7O2S. The van der Waals surface area contributed by atoms with Crippen molar-refractivity contribution in [3.05, 3.63) is 34.6 Å². The van der Waals surface area contributed by atoms with Crippen LogP contribution in [0, 0.1) is 11.3 Å². The number of nitrogens with zero attached hydrogens (tertiary/aromatic N) is 3. The first kappa shape index (κ1) is 20.2. The number of hydrogen-bond donors (Lipinski definition) is 4. The SMILES string of the molecule is N#Cc1ccc2sc(C3=C(NC4CCCNC4)N[C@@H](N4CCOCC4)NC3=O)nc2c1. The number of hydrogen-bond acceptors (Lipinski definition) is 9. The quantitative estimate of drug-likeness (QED) is 0.545. The highest BCUT2D eigenvalue weighted by molar-refractivity contribution is 7.19. The lowest BCUT2D eigenvalue weighted by molar-refractivity contribution is -0.119. The first-order valence-electron chi connectivity index (χ1n) is 10.6. The van der Waals surface area contributed by atoms with E-state index in [9.17, 15) is 10.1 Å². The fourth-order valence-corrected chi connectivity index (χ4v) is 5.17. The van der Waals surface area contributed by atoms with Crippen molar-refractivity contribution in [2.45, 2.75) is 25.2 Å². The van der Waals surface area contributed by atoms with Gasteiger partial charge in [0.05, 0.1) is 35.1 Å². The van der Waals surface area contributed by atoms with Crippen molar-refractivity contribution in [3.63, 3.8) is 0 Å². The highest BCUT2D eigenvalue weighted by atomic mass is 32.1. The molecule has 0 aliphatic carbocycles. The maximum atomic E-state index is 13.3. The van der Waals surface area contributed by atoms with Crippen LogP contribution in [0.5, 0.6) is 0 Å². The Morgan fingerprint density at radius 2 is 2.16 bits per heavy atom. The fraction of sp³-hybridized carbons (Fsp3) is 0.476. The van der Waals surface area contributed by atoms with Gasteiger partial charge >= 0.3 is 0 Å². The normalized spacial score (nSPS) is 25.1. The zero-order valence-electron chi connectivity index (χ0n) is 17.1. The molecule has 31 heavy (non-hydrogen) atoms. The molecule has 162 valence electrons. The number of aromatic nitrogens is 1. The first-order valence-corrected chi connectivity index (χ1v) is 11.4. The van der Waals surface area contributed by atoms with E-state index >= 15 is 0 Å². The molecule has 1 amide bonds. The van der Waals surface area contributed by atoms with E-state index in [0.717, 1.165) is 49.2 Å². The molecule has 0 spiro atoms. The lowest BCUT2D eigenvalue weighted by Gasteiger charge is -2.40. The van der Waals surface area contributed by atoms with Crippen molar-refractivity contribution in [3.8, 4) is 6.07 Å². The molecule has 2 atom stereocenters. The molecular weight excluding hydrogens is 414 g/mol. The minimum Gasteiger partial charge on any atom is -0.379 e. The van der Waals surface area contributed by atoms with Gasteiger partial charge in [-0.2, -0.15) is 5.26 Å². The molecule has 4 heterocycles. The van der Waals surface area contributed by atoms with E-state index in [0.29, 0.717) is 35.2 Å². The highest BCUT2D eigenvalue weighted by Gasteiger charge is 2.34. The van der Waals surface area contributed by atoms with Crippen molar-refractivity contribution in [2.75, 3.05) is 39.4 Å². The van der Waals surface area contributed by atoms with Gasteiger partial charge in [-0.1, -0.05) is 0 Å². The van der Waals surface area contributed by atoms with Crippen LogP contribution in [0.4, 0.5) is 0 Å². The number of piperidine rings is 1. The Kier molecular flexibility index (Phi) is 5.74. The van der Waals surface area contributed by atoms with E-state index in [1.807, 2.05) is 6.07 Å². The van der Waals surface area contributed by atoms with Crippen molar-refractivity contribution < 1.29 is 9.53 Å². The van der Waals surface area contributed by atoms with Crippen molar-refractivity contribution in [1.29, 1.82) is 5.26 Å². The largest absolute Gasteiger partial charge is 0.379 e. The molecule has 1 aromatic carbocycles. The van der Waals surface area contributed by atoms with Crippen LogP contribution in [0.2, 0.25) is 0 Å². The van der Waals surface area contributed by atoms with Gasteiger partial charge in [0.25, 0.3) is 5.91 Å². The number of benzene rings is 1. The Bertz CT molecular complexity index is 1050. The van der Waals surface area contributed by atoms with Gasteiger partial charge in [-0.15, -0.1) is 11.3 Å². The number of amides is 1. The van der Waals surface area contributed by atoms with Gasteiger partial charge in [-0.25, -0.2) is 4.98 Å². The van der Waals surface area contributed by atoms with E-state index in [4.69, 9.17) is 9.72 Å². The Balaban J connectivity index is 1.51. The number of ether oxygens (including phenoxy) is 1. The molecule has 0 saturated carbocycles. The molecule has 4 N–H and O–H groups in total. The van der Waals surface area contributed by atoms with Gasteiger partial charge in [0.1, 0.15) is 16.4 Å². The van der Waals surface area contributed by atoms with Gasteiger partial charge in [0.15, 0.2) is 6.29 Å². The average Bonchev–Trinajstić information content (AvgIpc) is 3.22. The summed E-state index contributed by atoms with van der Waals surface area (Å²) >= 11 is 1.46. The maximum Gasteiger partial charge on any atom is 0.260 e. The zero-order valence-corrected chi connectivity index (χ0v) is 17.9. The molecule has 9 nitrogen and oxygen atoms in total. The molecule has 3 aliphatic heterocycles. The second kappa shape index (κ2) is 8.80. The van der Waals surface area contributed by atoms with Crippen LogP contribution in [0.15, 0.2) is 24.0 Å². The van der Waals surface area contributed by atoms with Crippen LogP contribution in [0.1, 0.15) is 23.4 Å². The highest BCUT2D eigenvalue weighted by Crippen LogP contribution is 2.30. The molecule has 1 aromatic heterocycles.